The molecule has 0 aromatic carbocycles. The van der Waals surface area contributed by atoms with Gasteiger partial charge in [0.25, 0.3) is 0 Å². The fraction of sp³-hybridized carbons (Fsp3) is 0.733. The second kappa shape index (κ2) is 6.29. The Balaban J connectivity index is 1.59. The first-order chi connectivity index (χ1) is 9.31. The Morgan fingerprint density at radius 2 is 1.89 bits per heavy atom. The molecule has 3 heterocycles. The number of hydrogen-bond acceptors (Lipinski definition) is 3. The van der Waals surface area contributed by atoms with Crippen LogP contribution in [0.3, 0.4) is 0 Å². The molecule has 0 amide bonds. The minimum absolute atomic E-state index is 0.503. The zero-order valence-electron chi connectivity index (χ0n) is 11.5. The van der Waals surface area contributed by atoms with Gasteiger partial charge in [-0.05, 0) is 69.1 Å². The van der Waals surface area contributed by atoms with Crippen molar-refractivity contribution in [1.82, 2.24) is 9.80 Å². The van der Waals surface area contributed by atoms with Crippen LogP contribution in [0.15, 0.2) is 16.5 Å². The average Bonchev–Trinajstić information content (AvgIpc) is 3.04. The third kappa shape index (κ3) is 3.53. The summed E-state index contributed by atoms with van der Waals surface area (Å²) >= 11 is 5.86. The third-order valence-corrected chi connectivity index (χ3v) is 4.61. The molecule has 0 spiro atoms. The van der Waals surface area contributed by atoms with Crippen molar-refractivity contribution in [2.75, 3.05) is 26.2 Å². The average molecular weight is 283 g/mol. The van der Waals surface area contributed by atoms with Crippen molar-refractivity contribution in [2.45, 2.75) is 44.7 Å². The fourth-order valence-corrected chi connectivity index (χ4v) is 3.54. The second-order valence-corrected chi connectivity index (χ2v) is 6.21. The van der Waals surface area contributed by atoms with E-state index in [2.05, 4.69) is 9.80 Å². The number of rotatable bonds is 4. The summed E-state index contributed by atoms with van der Waals surface area (Å²) in [6, 6.07) is 4.54. The summed E-state index contributed by atoms with van der Waals surface area (Å²) in [7, 11) is 0. The molecule has 2 aliphatic rings. The molecule has 1 aromatic rings. The Bertz CT molecular complexity index is 401. The van der Waals surface area contributed by atoms with Crippen LogP contribution in [-0.2, 0) is 6.54 Å². The summed E-state index contributed by atoms with van der Waals surface area (Å²) in [5, 5.41) is 0.503. The van der Waals surface area contributed by atoms with E-state index >= 15 is 0 Å². The highest BCUT2D eigenvalue weighted by Gasteiger charge is 2.26. The summed E-state index contributed by atoms with van der Waals surface area (Å²) in [4.78, 5) is 5.20. The Morgan fingerprint density at radius 3 is 2.63 bits per heavy atom. The maximum Gasteiger partial charge on any atom is 0.193 e. The fourth-order valence-electron chi connectivity index (χ4n) is 3.38. The first-order valence-electron chi connectivity index (χ1n) is 7.52. The number of likely N-dealkylation sites (tertiary alicyclic amines) is 2. The van der Waals surface area contributed by atoms with Gasteiger partial charge in [0.15, 0.2) is 5.22 Å². The quantitative estimate of drug-likeness (QED) is 0.844. The van der Waals surface area contributed by atoms with Gasteiger partial charge in [-0.1, -0.05) is 6.42 Å². The van der Waals surface area contributed by atoms with Gasteiger partial charge in [0, 0.05) is 12.6 Å². The molecule has 2 aliphatic heterocycles. The first-order valence-corrected chi connectivity index (χ1v) is 7.90. The molecule has 2 saturated heterocycles. The molecule has 2 fully saturated rings. The van der Waals surface area contributed by atoms with Crippen LogP contribution in [0.25, 0.3) is 0 Å². The molecule has 4 heteroatoms. The molecule has 3 nitrogen and oxygen atoms in total. The molecule has 1 atom stereocenters. The van der Waals surface area contributed by atoms with Crippen molar-refractivity contribution < 1.29 is 4.42 Å². The van der Waals surface area contributed by atoms with Gasteiger partial charge in [-0.2, -0.15) is 0 Å². The van der Waals surface area contributed by atoms with Crippen LogP contribution in [0, 0.1) is 0 Å². The van der Waals surface area contributed by atoms with Crippen LogP contribution in [0.2, 0.25) is 5.22 Å². The van der Waals surface area contributed by atoms with E-state index in [-0.39, 0.29) is 0 Å². The van der Waals surface area contributed by atoms with Crippen molar-refractivity contribution in [1.29, 1.82) is 0 Å². The lowest BCUT2D eigenvalue weighted by atomic mass is 10.0. The molecule has 1 aromatic heterocycles. The van der Waals surface area contributed by atoms with Crippen LogP contribution < -0.4 is 0 Å². The van der Waals surface area contributed by atoms with E-state index in [0.29, 0.717) is 11.3 Å². The molecule has 0 N–H and O–H groups in total. The molecule has 0 unspecified atom stereocenters. The molecule has 3 rings (SSSR count). The number of furan rings is 1. The molecular weight excluding hydrogens is 260 g/mol. The lowest BCUT2D eigenvalue weighted by Crippen LogP contribution is -2.45. The van der Waals surface area contributed by atoms with Gasteiger partial charge in [0.2, 0.25) is 0 Å². The molecular formula is C15H23ClN2O. The maximum absolute atomic E-state index is 5.86. The van der Waals surface area contributed by atoms with Crippen molar-refractivity contribution in [3.63, 3.8) is 0 Å². The monoisotopic (exact) mass is 282 g/mol. The number of hydrogen-bond donors (Lipinski definition) is 0. The van der Waals surface area contributed by atoms with Gasteiger partial charge in [-0.25, -0.2) is 0 Å². The Labute approximate surface area is 120 Å². The minimum atomic E-state index is 0.503. The summed E-state index contributed by atoms with van der Waals surface area (Å²) in [5.74, 6) is 0.998. The van der Waals surface area contributed by atoms with Gasteiger partial charge < -0.3 is 9.32 Å². The van der Waals surface area contributed by atoms with Crippen molar-refractivity contribution >= 4 is 11.6 Å². The highest BCUT2D eigenvalue weighted by Crippen LogP contribution is 2.23. The lowest BCUT2D eigenvalue weighted by Gasteiger charge is -2.37. The molecule has 0 aliphatic carbocycles. The van der Waals surface area contributed by atoms with E-state index in [9.17, 15) is 0 Å². The molecule has 19 heavy (non-hydrogen) atoms. The predicted molar refractivity (Wildman–Crippen MR) is 77.4 cm³/mol. The molecule has 0 saturated carbocycles. The normalized spacial score (nSPS) is 26.1. The van der Waals surface area contributed by atoms with Crippen LogP contribution in [-0.4, -0.2) is 42.0 Å². The minimum Gasteiger partial charge on any atom is -0.448 e. The number of halogens is 1. The summed E-state index contributed by atoms with van der Waals surface area (Å²) < 4.78 is 5.51. The van der Waals surface area contributed by atoms with E-state index in [1.165, 1.54) is 58.3 Å². The Kier molecular flexibility index (Phi) is 4.46. The summed E-state index contributed by atoms with van der Waals surface area (Å²) in [6.07, 6.45) is 6.75. The predicted octanol–water partition coefficient (Wildman–Crippen LogP) is 3.38. The molecule has 0 bridgehead atoms. The zero-order chi connectivity index (χ0) is 13.1. The molecule has 0 radical (unpaired) electrons. The summed E-state index contributed by atoms with van der Waals surface area (Å²) in [5.41, 5.74) is 0. The van der Waals surface area contributed by atoms with Crippen LogP contribution in [0.5, 0.6) is 0 Å². The molecule has 106 valence electrons. The third-order valence-electron chi connectivity index (χ3n) is 4.40. The van der Waals surface area contributed by atoms with E-state index in [4.69, 9.17) is 16.0 Å². The smallest absolute Gasteiger partial charge is 0.193 e. The van der Waals surface area contributed by atoms with Crippen LogP contribution in [0.4, 0.5) is 0 Å². The Hall–Kier alpha value is -0.510. The lowest BCUT2D eigenvalue weighted by molar-refractivity contribution is 0.0993. The first kappa shape index (κ1) is 13.5. The summed E-state index contributed by atoms with van der Waals surface area (Å²) in [6.45, 7) is 5.91. The van der Waals surface area contributed by atoms with Crippen LogP contribution >= 0.6 is 11.6 Å². The standard InChI is InChI=1S/C15H23ClN2O/c16-15-7-6-14(19-15)12-18-10-2-1-5-13(18)11-17-8-3-4-9-17/h6-7,13H,1-5,8-12H2/t13-/m1/s1. The van der Waals surface area contributed by atoms with Gasteiger partial charge in [-0.15, -0.1) is 0 Å². The number of piperidine rings is 1. The van der Waals surface area contributed by atoms with Crippen molar-refractivity contribution in [2.24, 2.45) is 0 Å². The Morgan fingerprint density at radius 1 is 1.11 bits per heavy atom. The SMILES string of the molecule is Clc1ccc(CN2CCCC[C@@H]2CN2CCCC2)o1. The van der Waals surface area contributed by atoms with Crippen molar-refractivity contribution in [3.8, 4) is 0 Å². The van der Waals surface area contributed by atoms with E-state index in [1.54, 1.807) is 0 Å². The van der Waals surface area contributed by atoms with Gasteiger partial charge in [0.1, 0.15) is 5.76 Å². The van der Waals surface area contributed by atoms with Crippen molar-refractivity contribution in [3.05, 3.63) is 23.1 Å². The highest BCUT2D eigenvalue weighted by atomic mass is 35.5. The van der Waals surface area contributed by atoms with Gasteiger partial charge >= 0.3 is 0 Å². The zero-order valence-corrected chi connectivity index (χ0v) is 12.2. The maximum atomic E-state index is 5.86. The second-order valence-electron chi connectivity index (χ2n) is 5.83. The number of nitrogens with zero attached hydrogens (tertiary/aromatic N) is 2. The van der Waals surface area contributed by atoms with E-state index in [1.807, 2.05) is 12.1 Å². The van der Waals surface area contributed by atoms with E-state index < -0.39 is 0 Å². The van der Waals surface area contributed by atoms with E-state index in [0.717, 1.165) is 12.3 Å². The van der Waals surface area contributed by atoms with Gasteiger partial charge in [-0.3, -0.25) is 4.90 Å². The topological polar surface area (TPSA) is 19.6 Å². The van der Waals surface area contributed by atoms with Crippen LogP contribution in [0.1, 0.15) is 37.9 Å². The highest BCUT2D eigenvalue weighted by molar-refractivity contribution is 6.28. The van der Waals surface area contributed by atoms with Gasteiger partial charge in [0.05, 0.1) is 6.54 Å². The largest absolute Gasteiger partial charge is 0.448 e.